The molecule has 0 N–H and O–H groups in total. The van der Waals surface area contributed by atoms with Gasteiger partial charge in [-0.3, -0.25) is 4.79 Å². The van der Waals surface area contributed by atoms with Crippen LogP contribution in [0.2, 0.25) is 0 Å². The minimum atomic E-state index is -0.308. The van der Waals surface area contributed by atoms with E-state index in [1.54, 1.807) is 13.2 Å². The molecule has 4 nitrogen and oxygen atoms in total. The number of ketones is 1. The van der Waals surface area contributed by atoms with E-state index in [4.69, 9.17) is 14.2 Å². The molecule has 3 fully saturated rings. The minimum Gasteiger partial charge on any atom is -0.354 e. The lowest BCUT2D eigenvalue weighted by molar-refractivity contribution is -0.188. The summed E-state index contributed by atoms with van der Waals surface area (Å²) in [5.74, 6) is 0.689. The van der Waals surface area contributed by atoms with Gasteiger partial charge in [0.1, 0.15) is 5.60 Å². The Kier molecular flexibility index (Phi) is 3.85. The highest BCUT2D eigenvalue weighted by molar-refractivity contribution is 5.91. The topological polar surface area (TPSA) is 48.1 Å². The van der Waals surface area contributed by atoms with Crippen LogP contribution in [0, 0.1) is 11.3 Å². The standard InChI is InChI=1S/C21H30O4/c1-13-6-7-15-8-9-20-18(23-5)24-17(12-14(2)11-16(22)10-13)21(20,25-20)19(15,3)4/h11,15,17-18H,1,6-10,12H2,2-5H3/b14-11+/t15-,17-,18-,20-,21-/m1/s1. The van der Waals surface area contributed by atoms with Gasteiger partial charge in [-0.2, -0.15) is 0 Å². The SMILES string of the molecule is C=C1CC[C@@H]2CC[C@]34O[C@]3([C@@H](C/C(C)=C/C(=O)C1)O[C@H]4OC)C2(C)C. The summed E-state index contributed by atoms with van der Waals surface area (Å²) in [5.41, 5.74) is 1.50. The van der Waals surface area contributed by atoms with Crippen LogP contribution in [0.1, 0.15) is 59.3 Å². The molecule has 0 unspecified atom stereocenters. The Bertz CT molecular complexity index is 648. The lowest BCUT2D eigenvalue weighted by Crippen LogP contribution is -2.53. The normalized spacial score (nSPS) is 48.0. The molecule has 2 saturated heterocycles. The van der Waals surface area contributed by atoms with Crippen molar-refractivity contribution in [1.82, 2.24) is 0 Å². The van der Waals surface area contributed by atoms with Gasteiger partial charge >= 0.3 is 0 Å². The molecule has 25 heavy (non-hydrogen) atoms. The van der Waals surface area contributed by atoms with Gasteiger partial charge in [-0.15, -0.1) is 0 Å². The van der Waals surface area contributed by atoms with E-state index < -0.39 is 0 Å². The maximum Gasteiger partial charge on any atom is 0.189 e. The van der Waals surface area contributed by atoms with Crippen LogP contribution in [0.25, 0.3) is 0 Å². The van der Waals surface area contributed by atoms with Crippen molar-refractivity contribution in [3.8, 4) is 0 Å². The minimum absolute atomic E-state index is 0.00691. The fourth-order valence-electron chi connectivity index (χ4n) is 6.01. The molecule has 4 aliphatic rings. The number of hydrogen-bond acceptors (Lipinski definition) is 4. The Morgan fingerprint density at radius 3 is 2.80 bits per heavy atom. The molecule has 5 atom stereocenters. The van der Waals surface area contributed by atoms with Crippen molar-refractivity contribution >= 4 is 5.78 Å². The van der Waals surface area contributed by atoms with Crippen molar-refractivity contribution in [2.75, 3.05) is 7.11 Å². The van der Waals surface area contributed by atoms with Gasteiger partial charge in [-0.25, -0.2) is 0 Å². The number of carbonyl (C=O) groups excluding carboxylic acids is 1. The van der Waals surface area contributed by atoms with E-state index in [1.807, 2.05) is 6.92 Å². The molecule has 2 heterocycles. The first kappa shape index (κ1) is 17.4. The summed E-state index contributed by atoms with van der Waals surface area (Å²) in [6.45, 7) is 10.8. The van der Waals surface area contributed by atoms with E-state index in [2.05, 4.69) is 20.4 Å². The van der Waals surface area contributed by atoms with Gasteiger partial charge in [-0.1, -0.05) is 31.6 Å². The van der Waals surface area contributed by atoms with E-state index in [9.17, 15) is 4.79 Å². The molecule has 0 aromatic carbocycles. The van der Waals surface area contributed by atoms with Crippen molar-refractivity contribution in [3.05, 3.63) is 23.8 Å². The Labute approximate surface area is 150 Å². The monoisotopic (exact) mass is 346 g/mol. The fraction of sp³-hybridized carbons (Fsp3) is 0.762. The number of carbonyl (C=O) groups is 1. The van der Waals surface area contributed by atoms with Gasteiger partial charge in [0, 0.05) is 18.9 Å². The van der Waals surface area contributed by atoms with Crippen LogP contribution in [0.15, 0.2) is 23.8 Å². The number of methoxy groups -OCH3 is 1. The zero-order valence-electron chi connectivity index (χ0n) is 15.9. The third-order valence-electron chi connectivity index (χ3n) is 7.29. The average molecular weight is 346 g/mol. The molecule has 0 aromatic rings. The molecule has 4 rings (SSSR count). The van der Waals surface area contributed by atoms with Crippen LogP contribution >= 0.6 is 0 Å². The third-order valence-corrected chi connectivity index (χ3v) is 7.29. The first-order valence-corrected chi connectivity index (χ1v) is 9.52. The number of hydrogen-bond donors (Lipinski definition) is 0. The van der Waals surface area contributed by atoms with Crippen LogP contribution in [-0.4, -0.2) is 36.5 Å². The Morgan fingerprint density at radius 2 is 2.08 bits per heavy atom. The zero-order valence-corrected chi connectivity index (χ0v) is 15.9. The number of ether oxygens (including phenoxy) is 3. The van der Waals surface area contributed by atoms with Crippen molar-refractivity contribution in [3.63, 3.8) is 0 Å². The summed E-state index contributed by atoms with van der Waals surface area (Å²) in [5, 5.41) is 0. The van der Waals surface area contributed by atoms with Crippen molar-refractivity contribution in [1.29, 1.82) is 0 Å². The maximum absolute atomic E-state index is 12.3. The van der Waals surface area contributed by atoms with Crippen molar-refractivity contribution in [2.24, 2.45) is 11.3 Å². The van der Waals surface area contributed by atoms with E-state index >= 15 is 0 Å². The lowest BCUT2D eigenvalue weighted by atomic mass is 9.55. The molecule has 0 radical (unpaired) electrons. The quantitative estimate of drug-likeness (QED) is 0.533. The van der Waals surface area contributed by atoms with E-state index in [0.29, 0.717) is 12.3 Å². The van der Waals surface area contributed by atoms with Crippen LogP contribution in [-0.2, 0) is 19.0 Å². The molecule has 2 aliphatic carbocycles. The molecule has 1 saturated carbocycles. The smallest absolute Gasteiger partial charge is 0.189 e. The zero-order chi connectivity index (χ0) is 18.0. The van der Waals surface area contributed by atoms with Crippen molar-refractivity contribution < 1.29 is 19.0 Å². The molecule has 0 amide bonds. The van der Waals surface area contributed by atoms with E-state index in [0.717, 1.165) is 43.3 Å². The molecular formula is C21H30O4. The summed E-state index contributed by atoms with van der Waals surface area (Å²) >= 11 is 0. The molecule has 4 heteroatoms. The molecule has 2 aliphatic heterocycles. The maximum atomic E-state index is 12.3. The predicted molar refractivity (Wildman–Crippen MR) is 95.1 cm³/mol. The van der Waals surface area contributed by atoms with Crippen LogP contribution < -0.4 is 0 Å². The predicted octanol–water partition coefficient (Wildman–Crippen LogP) is 3.95. The number of allylic oxidation sites excluding steroid dienone is 2. The summed E-state index contributed by atoms with van der Waals surface area (Å²) in [7, 11) is 1.71. The molecule has 138 valence electrons. The lowest BCUT2D eigenvalue weighted by Gasteiger charge is -2.45. The third kappa shape index (κ3) is 2.20. The van der Waals surface area contributed by atoms with Crippen molar-refractivity contribution in [2.45, 2.75) is 82.9 Å². The molecule has 2 bridgehead atoms. The molecule has 0 aromatic heterocycles. The summed E-state index contributed by atoms with van der Waals surface area (Å²) < 4.78 is 18.6. The number of epoxide rings is 1. The highest BCUT2D eigenvalue weighted by Crippen LogP contribution is 2.75. The summed E-state index contributed by atoms with van der Waals surface area (Å²) in [6.07, 6.45) is 6.67. The first-order valence-electron chi connectivity index (χ1n) is 9.52. The van der Waals surface area contributed by atoms with E-state index in [1.165, 1.54) is 0 Å². The van der Waals surface area contributed by atoms with Crippen LogP contribution in [0.5, 0.6) is 0 Å². The summed E-state index contributed by atoms with van der Waals surface area (Å²) in [6, 6.07) is 0. The van der Waals surface area contributed by atoms with Gasteiger partial charge in [0.25, 0.3) is 0 Å². The first-order chi connectivity index (χ1) is 11.8. The summed E-state index contributed by atoms with van der Waals surface area (Å²) in [4.78, 5) is 12.3. The molecule has 1 spiro atoms. The van der Waals surface area contributed by atoms with Crippen LogP contribution in [0.4, 0.5) is 0 Å². The van der Waals surface area contributed by atoms with Gasteiger partial charge in [0.2, 0.25) is 0 Å². The number of fused-ring (bicyclic) bond motifs is 1. The Hall–Kier alpha value is -0.970. The van der Waals surface area contributed by atoms with Gasteiger partial charge in [0.15, 0.2) is 17.7 Å². The second-order valence-corrected chi connectivity index (χ2v) is 9.00. The van der Waals surface area contributed by atoms with Crippen LogP contribution in [0.3, 0.4) is 0 Å². The Balaban J connectivity index is 1.76. The van der Waals surface area contributed by atoms with Gasteiger partial charge < -0.3 is 14.2 Å². The second kappa shape index (κ2) is 5.51. The molecular weight excluding hydrogens is 316 g/mol. The fourth-order valence-corrected chi connectivity index (χ4v) is 6.01. The Morgan fingerprint density at radius 1 is 1.32 bits per heavy atom. The largest absolute Gasteiger partial charge is 0.354 e. The van der Waals surface area contributed by atoms with Gasteiger partial charge in [-0.05, 0) is 51.0 Å². The highest BCUT2D eigenvalue weighted by atomic mass is 16.8. The second-order valence-electron chi connectivity index (χ2n) is 9.00. The van der Waals surface area contributed by atoms with Gasteiger partial charge in [0.05, 0.1) is 6.10 Å². The van der Waals surface area contributed by atoms with E-state index in [-0.39, 0.29) is 34.8 Å². The number of rotatable bonds is 1. The average Bonchev–Trinajstić information content (AvgIpc) is 3.15. The highest BCUT2D eigenvalue weighted by Gasteiger charge is 2.88.